The zero-order valence-electron chi connectivity index (χ0n) is 19.2. The highest BCUT2D eigenvalue weighted by atomic mass is 32.1. The van der Waals surface area contributed by atoms with Crippen LogP contribution >= 0.6 is 25.3 Å². The Kier molecular flexibility index (Phi) is 14.3. The molecular formula is C19H34N6O7S2. The van der Waals surface area contributed by atoms with Gasteiger partial charge in [-0.05, 0) is 12.8 Å². The molecule has 0 rings (SSSR count). The first-order valence-electron chi connectivity index (χ1n) is 10.5. The molecule has 0 aliphatic carbocycles. The Bertz CT molecular complexity index is 769. The minimum atomic E-state index is -1.29. The Labute approximate surface area is 208 Å². The second-order valence-electron chi connectivity index (χ2n) is 7.70. The van der Waals surface area contributed by atoms with Crippen molar-refractivity contribution in [3.63, 3.8) is 0 Å². The lowest BCUT2D eigenvalue weighted by atomic mass is 9.97. The number of carboxylic acid groups (broad SMARTS) is 1. The molecule has 0 bridgehead atoms. The molecule has 0 aromatic heterocycles. The average Bonchev–Trinajstić information content (AvgIpc) is 2.77. The monoisotopic (exact) mass is 522 g/mol. The normalized spacial score (nSPS) is 16.1. The molecule has 194 valence electrons. The maximum atomic E-state index is 12.8. The molecule has 0 spiro atoms. The minimum Gasteiger partial charge on any atom is -0.480 e. The van der Waals surface area contributed by atoms with Crippen LogP contribution in [0.25, 0.3) is 0 Å². The Balaban J connectivity index is 5.19. The van der Waals surface area contributed by atoms with Gasteiger partial charge in [-0.2, -0.15) is 25.3 Å². The number of aliphatic carboxylic acids is 1. The number of hydrogen-bond acceptors (Lipinski definition) is 9. The molecule has 0 aromatic rings. The summed E-state index contributed by atoms with van der Waals surface area (Å²) in [5.41, 5.74) is 10.7. The van der Waals surface area contributed by atoms with E-state index in [1.54, 1.807) is 13.8 Å². The number of thiol groups is 2. The molecule has 0 unspecified atom stereocenters. The van der Waals surface area contributed by atoms with E-state index in [1.165, 1.54) is 6.92 Å². The lowest BCUT2D eigenvalue weighted by molar-refractivity contribution is -0.141. The summed E-state index contributed by atoms with van der Waals surface area (Å²) < 4.78 is 0. The van der Waals surface area contributed by atoms with Gasteiger partial charge in [0.15, 0.2) is 0 Å². The van der Waals surface area contributed by atoms with Crippen molar-refractivity contribution in [1.82, 2.24) is 21.3 Å². The quantitative estimate of drug-likeness (QED) is 0.101. The number of rotatable bonds is 15. The van der Waals surface area contributed by atoms with Crippen LogP contribution in [-0.4, -0.2) is 82.3 Å². The zero-order chi connectivity index (χ0) is 26.6. The van der Waals surface area contributed by atoms with E-state index in [1.807, 2.05) is 0 Å². The third-order valence-corrected chi connectivity index (χ3v) is 5.65. The fourth-order valence-electron chi connectivity index (χ4n) is 2.59. The standard InChI is InChI=1S/C19H34N6O7S2/c1-4-8(2)14(25-16(28)10(20)5-13(21)26)18(30)22-9(3)15(27)23-11(6-33)17(29)24-12(7-34)19(31)32/h8-12,14,33-34H,4-7,20H2,1-3H3,(H2,21,26)(H,22,30)(H,23,27)(H,24,29)(H,25,28)(H,31,32)/t8-,9-,10-,11-,12-,14-/m0/s1. The van der Waals surface area contributed by atoms with Gasteiger partial charge in [0.1, 0.15) is 24.2 Å². The van der Waals surface area contributed by atoms with E-state index >= 15 is 0 Å². The highest BCUT2D eigenvalue weighted by molar-refractivity contribution is 7.80. The first-order chi connectivity index (χ1) is 15.8. The smallest absolute Gasteiger partial charge is 0.327 e. The van der Waals surface area contributed by atoms with Gasteiger partial charge in [0.2, 0.25) is 29.5 Å². The molecule has 0 saturated heterocycles. The molecule has 0 saturated carbocycles. The van der Waals surface area contributed by atoms with Gasteiger partial charge in [-0.1, -0.05) is 20.3 Å². The van der Waals surface area contributed by atoms with Gasteiger partial charge < -0.3 is 37.8 Å². The molecule has 34 heavy (non-hydrogen) atoms. The van der Waals surface area contributed by atoms with E-state index in [2.05, 4.69) is 46.5 Å². The Morgan fingerprint density at radius 1 is 0.824 bits per heavy atom. The second kappa shape index (κ2) is 15.4. The summed E-state index contributed by atoms with van der Waals surface area (Å²) in [5.74, 6) is -5.65. The van der Waals surface area contributed by atoms with Crippen molar-refractivity contribution in [2.24, 2.45) is 17.4 Å². The van der Waals surface area contributed by atoms with Crippen LogP contribution in [0.5, 0.6) is 0 Å². The van der Waals surface area contributed by atoms with Crippen molar-refractivity contribution in [2.45, 2.75) is 63.8 Å². The van der Waals surface area contributed by atoms with Crippen LogP contribution in [0.4, 0.5) is 0 Å². The van der Waals surface area contributed by atoms with Crippen molar-refractivity contribution < 1.29 is 33.9 Å². The summed E-state index contributed by atoms with van der Waals surface area (Å²) in [5, 5.41) is 18.6. The first kappa shape index (κ1) is 31.5. The van der Waals surface area contributed by atoms with Crippen LogP contribution < -0.4 is 32.7 Å². The van der Waals surface area contributed by atoms with Crippen molar-refractivity contribution in [3.05, 3.63) is 0 Å². The fraction of sp³-hybridized carbons (Fsp3) is 0.684. The summed E-state index contributed by atoms with van der Waals surface area (Å²) in [4.78, 5) is 71.9. The summed E-state index contributed by atoms with van der Waals surface area (Å²) in [6, 6.07) is -5.84. The minimum absolute atomic E-state index is 0.138. The van der Waals surface area contributed by atoms with E-state index in [0.29, 0.717) is 6.42 Å². The second-order valence-corrected chi connectivity index (χ2v) is 8.44. The number of nitrogens with one attached hydrogen (secondary N) is 4. The SMILES string of the molecule is CC[C@H](C)[C@H](NC(=O)[C@@H](N)CC(N)=O)C(=O)N[C@@H](C)C(=O)N[C@@H](CS)C(=O)N[C@@H](CS)C(=O)O. The summed E-state index contributed by atoms with van der Waals surface area (Å²) in [6.07, 6.45) is 0.102. The van der Waals surface area contributed by atoms with E-state index in [4.69, 9.17) is 16.6 Å². The van der Waals surface area contributed by atoms with Crippen molar-refractivity contribution in [3.8, 4) is 0 Å². The fourth-order valence-corrected chi connectivity index (χ4v) is 3.09. The van der Waals surface area contributed by atoms with Crippen LogP contribution in [0, 0.1) is 5.92 Å². The van der Waals surface area contributed by atoms with Crippen molar-refractivity contribution in [1.29, 1.82) is 0 Å². The van der Waals surface area contributed by atoms with E-state index < -0.39 is 72.1 Å². The Morgan fingerprint density at radius 3 is 1.79 bits per heavy atom. The average molecular weight is 523 g/mol. The van der Waals surface area contributed by atoms with Gasteiger partial charge in [-0.15, -0.1) is 0 Å². The first-order valence-corrected chi connectivity index (χ1v) is 11.7. The highest BCUT2D eigenvalue weighted by Gasteiger charge is 2.31. The van der Waals surface area contributed by atoms with Gasteiger partial charge >= 0.3 is 5.97 Å². The van der Waals surface area contributed by atoms with Crippen LogP contribution in [-0.2, 0) is 28.8 Å². The molecule has 0 aliphatic rings. The largest absolute Gasteiger partial charge is 0.480 e. The summed E-state index contributed by atoms with van der Waals surface area (Å²) in [6.45, 7) is 4.86. The van der Waals surface area contributed by atoms with Crippen molar-refractivity contribution >= 4 is 60.8 Å². The lowest BCUT2D eigenvalue weighted by Gasteiger charge is -2.27. The molecule has 0 fully saturated rings. The predicted molar refractivity (Wildman–Crippen MR) is 130 cm³/mol. The molecule has 15 heteroatoms. The number of carbonyl (C=O) groups excluding carboxylic acids is 5. The maximum absolute atomic E-state index is 12.8. The third-order valence-electron chi connectivity index (χ3n) is 4.92. The molecule has 13 nitrogen and oxygen atoms in total. The number of hydrogen-bond donors (Lipinski definition) is 9. The number of amides is 5. The molecule has 6 atom stereocenters. The van der Waals surface area contributed by atoms with Gasteiger partial charge in [-0.3, -0.25) is 24.0 Å². The number of primary amides is 1. The highest BCUT2D eigenvalue weighted by Crippen LogP contribution is 2.09. The Morgan fingerprint density at radius 2 is 1.35 bits per heavy atom. The van der Waals surface area contributed by atoms with Crippen molar-refractivity contribution in [2.75, 3.05) is 11.5 Å². The zero-order valence-corrected chi connectivity index (χ0v) is 21.0. The molecule has 9 N–H and O–H groups in total. The molecule has 5 amide bonds. The number of carboxylic acids is 1. The van der Waals surface area contributed by atoms with Crippen LogP contribution in [0.15, 0.2) is 0 Å². The predicted octanol–water partition coefficient (Wildman–Crippen LogP) is -2.86. The van der Waals surface area contributed by atoms with E-state index in [0.717, 1.165) is 0 Å². The van der Waals surface area contributed by atoms with Gasteiger partial charge in [0.25, 0.3) is 0 Å². The van der Waals surface area contributed by atoms with E-state index in [-0.39, 0.29) is 17.4 Å². The molecule has 0 aromatic carbocycles. The topological polar surface area (TPSA) is 223 Å². The van der Waals surface area contributed by atoms with Gasteiger partial charge in [0.05, 0.1) is 12.5 Å². The van der Waals surface area contributed by atoms with Gasteiger partial charge in [-0.25, -0.2) is 4.79 Å². The van der Waals surface area contributed by atoms with Crippen LogP contribution in [0.1, 0.15) is 33.6 Å². The van der Waals surface area contributed by atoms with Crippen LogP contribution in [0.3, 0.4) is 0 Å². The summed E-state index contributed by atoms with van der Waals surface area (Å²) >= 11 is 7.86. The molecule has 0 radical (unpaired) electrons. The summed E-state index contributed by atoms with van der Waals surface area (Å²) in [7, 11) is 0. The van der Waals surface area contributed by atoms with Gasteiger partial charge in [0, 0.05) is 11.5 Å². The molecule has 0 aliphatic heterocycles. The Hall–Kier alpha value is -2.52. The van der Waals surface area contributed by atoms with Crippen LogP contribution in [0.2, 0.25) is 0 Å². The maximum Gasteiger partial charge on any atom is 0.327 e. The third kappa shape index (κ3) is 10.6. The number of carbonyl (C=O) groups is 6. The van der Waals surface area contributed by atoms with E-state index in [9.17, 15) is 28.8 Å². The number of nitrogens with two attached hydrogens (primary N) is 2. The molecule has 0 heterocycles. The lowest BCUT2D eigenvalue weighted by Crippen LogP contribution is -2.59. The molecular weight excluding hydrogens is 488 g/mol.